The highest BCUT2D eigenvalue weighted by molar-refractivity contribution is 9.11. The van der Waals surface area contributed by atoms with Gasteiger partial charge in [0.1, 0.15) is 0 Å². The van der Waals surface area contributed by atoms with E-state index in [0.29, 0.717) is 0 Å². The Balaban J connectivity index is 2.61. The first-order chi connectivity index (χ1) is 6.59. The molecule has 0 atom stereocenters. The number of hydrogen-bond donors (Lipinski definition) is 0. The smallest absolute Gasteiger partial charge is 0.183 e. The van der Waals surface area contributed by atoms with Crippen molar-refractivity contribution in [3.05, 3.63) is 15.3 Å². The lowest BCUT2D eigenvalue weighted by Gasteiger charge is -1.94. The Morgan fingerprint density at radius 3 is 2.43 bits per heavy atom. The normalized spacial score (nSPS) is 10.9. The molecule has 74 valence electrons. The highest BCUT2D eigenvalue weighted by Crippen LogP contribution is 2.30. The van der Waals surface area contributed by atoms with Gasteiger partial charge < -0.3 is 0 Å². The number of hydrogen-bond acceptors (Lipinski definition) is 4. The van der Waals surface area contributed by atoms with Crippen LogP contribution in [0.5, 0.6) is 0 Å². The van der Waals surface area contributed by atoms with Gasteiger partial charge in [0.15, 0.2) is 8.92 Å². The predicted molar refractivity (Wildman–Crippen MR) is 59.3 cm³/mol. The molecule has 0 fully saturated rings. The lowest BCUT2D eigenvalue weighted by Crippen LogP contribution is -1.92. The fraction of sp³-hybridized carbons (Fsp3) is 0.375. The monoisotopic (exact) mass is 272 g/mol. The standard InChI is InChI=1S/C8H9BrN4S/c1-4-6(5(2)13(3)12-4)7-10-11-8(9)14-7/h1-3H3. The Labute approximate surface area is 94.1 Å². The van der Waals surface area contributed by atoms with Crippen LogP contribution in [0.15, 0.2) is 3.92 Å². The SMILES string of the molecule is Cc1nn(C)c(C)c1-c1nnc(Br)s1. The van der Waals surface area contributed by atoms with Crippen LogP contribution in [0.1, 0.15) is 11.4 Å². The second-order valence-corrected chi connectivity index (χ2v) is 5.28. The topological polar surface area (TPSA) is 43.6 Å². The van der Waals surface area contributed by atoms with Crippen LogP contribution >= 0.6 is 27.3 Å². The third-order valence-corrected chi connectivity index (χ3v) is 3.50. The molecular weight excluding hydrogens is 264 g/mol. The Hall–Kier alpha value is -0.750. The summed E-state index contributed by atoms with van der Waals surface area (Å²) in [5.74, 6) is 0. The fourth-order valence-corrected chi connectivity index (χ4v) is 2.65. The van der Waals surface area contributed by atoms with E-state index in [4.69, 9.17) is 0 Å². The minimum Gasteiger partial charge on any atom is -0.272 e. The summed E-state index contributed by atoms with van der Waals surface area (Å²) < 4.78 is 2.66. The van der Waals surface area contributed by atoms with Crippen molar-refractivity contribution in [2.45, 2.75) is 13.8 Å². The average Bonchev–Trinajstić information content (AvgIpc) is 2.60. The summed E-state index contributed by atoms with van der Waals surface area (Å²) in [6.45, 7) is 4.02. The highest BCUT2D eigenvalue weighted by Gasteiger charge is 2.15. The van der Waals surface area contributed by atoms with E-state index < -0.39 is 0 Å². The van der Waals surface area contributed by atoms with Crippen LogP contribution in [-0.4, -0.2) is 20.0 Å². The molecule has 0 saturated carbocycles. The second kappa shape index (κ2) is 3.43. The molecule has 0 N–H and O–H groups in total. The van der Waals surface area contributed by atoms with Crippen LogP contribution in [0.25, 0.3) is 10.6 Å². The van der Waals surface area contributed by atoms with Gasteiger partial charge in [0.2, 0.25) is 0 Å². The predicted octanol–water partition coefficient (Wildman–Crippen LogP) is 2.32. The van der Waals surface area contributed by atoms with Crippen molar-refractivity contribution in [1.82, 2.24) is 20.0 Å². The van der Waals surface area contributed by atoms with Gasteiger partial charge in [-0.1, -0.05) is 11.3 Å². The Bertz CT molecular complexity index is 474. The van der Waals surface area contributed by atoms with Crippen LogP contribution in [0.3, 0.4) is 0 Å². The zero-order chi connectivity index (χ0) is 10.3. The van der Waals surface area contributed by atoms with Gasteiger partial charge in [-0.3, -0.25) is 4.68 Å². The third kappa shape index (κ3) is 1.48. The van der Waals surface area contributed by atoms with Gasteiger partial charge in [-0.05, 0) is 29.8 Å². The first kappa shape index (κ1) is 9.79. The van der Waals surface area contributed by atoms with E-state index in [0.717, 1.165) is 25.9 Å². The molecule has 6 heteroatoms. The van der Waals surface area contributed by atoms with Crippen molar-refractivity contribution in [2.24, 2.45) is 7.05 Å². The lowest BCUT2D eigenvalue weighted by molar-refractivity contribution is 0.731. The summed E-state index contributed by atoms with van der Waals surface area (Å²) in [6.07, 6.45) is 0. The van der Waals surface area contributed by atoms with Crippen molar-refractivity contribution in [1.29, 1.82) is 0 Å². The molecule has 4 nitrogen and oxygen atoms in total. The van der Waals surface area contributed by atoms with E-state index in [1.54, 1.807) is 0 Å². The first-order valence-corrected chi connectivity index (χ1v) is 5.70. The van der Waals surface area contributed by atoms with Crippen LogP contribution in [0.2, 0.25) is 0 Å². The summed E-state index contributed by atoms with van der Waals surface area (Å²) in [5, 5.41) is 13.3. The molecule has 2 rings (SSSR count). The fourth-order valence-electron chi connectivity index (χ4n) is 1.39. The van der Waals surface area contributed by atoms with Crippen molar-refractivity contribution < 1.29 is 0 Å². The zero-order valence-electron chi connectivity index (χ0n) is 8.08. The van der Waals surface area contributed by atoms with Crippen LogP contribution in [-0.2, 0) is 7.05 Å². The Morgan fingerprint density at radius 2 is 2.00 bits per heavy atom. The maximum atomic E-state index is 4.34. The molecule has 0 amide bonds. The minimum atomic E-state index is 0.801. The number of rotatable bonds is 1. The molecule has 0 aromatic carbocycles. The van der Waals surface area contributed by atoms with Crippen molar-refractivity contribution in [2.75, 3.05) is 0 Å². The van der Waals surface area contributed by atoms with Gasteiger partial charge in [-0.15, -0.1) is 10.2 Å². The second-order valence-electron chi connectivity index (χ2n) is 3.03. The van der Waals surface area contributed by atoms with E-state index >= 15 is 0 Å². The number of aryl methyl sites for hydroxylation is 2. The van der Waals surface area contributed by atoms with Crippen LogP contribution < -0.4 is 0 Å². The molecule has 0 aliphatic heterocycles. The van der Waals surface area contributed by atoms with Gasteiger partial charge in [0, 0.05) is 12.7 Å². The quantitative estimate of drug-likeness (QED) is 0.800. The molecule has 0 saturated heterocycles. The van der Waals surface area contributed by atoms with Gasteiger partial charge in [0.05, 0.1) is 11.3 Å². The summed E-state index contributed by atoms with van der Waals surface area (Å²) in [4.78, 5) is 0. The zero-order valence-corrected chi connectivity index (χ0v) is 10.5. The van der Waals surface area contributed by atoms with Gasteiger partial charge >= 0.3 is 0 Å². The molecule has 2 heterocycles. The van der Waals surface area contributed by atoms with Crippen LogP contribution in [0, 0.1) is 13.8 Å². The molecule has 0 radical (unpaired) electrons. The molecular formula is C8H9BrN4S. The summed E-state index contributed by atoms with van der Waals surface area (Å²) >= 11 is 4.83. The first-order valence-electron chi connectivity index (χ1n) is 4.09. The molecule has 0 aliphatic carbocycles. The lowest BCUT2D eigenvalue weighted by atomic mass is 10.2. The van der Waals surface area contributed by atoms with E-state index in [1.165, 1.54) is 11.3 Å². The molecule has 0 unspecified atom stereocenters. The third-order valence-electron chi connectivity index (χ3n) is 2.12. The Morgan fingerprint density at radius 1 is 1.29 bits per heavy atom. The van der Waals surface area contributed by atoms with E-state index in [2.05, 4.69) is 31.2 Å². The van der Waals surface area contributed by atoms with E-state index in [-0.39, 0.29) is 0 Å². The molecule has 0 aliphatic rings. The van der Waals surface area contributed by atoms with Crippen molar-refractivity contribution in [3.63, 3.8) is 0 Å². The number of aromatic nitrogens is 4. The molecule has 2 aromatic rings. The van der Waals surface area contributed by atoms with Crippen LogP contribution in [0.4, 0.5) is 0 Å². The molecule has 14 heavy (non-hydrogen) atoms. The van der Waals surface area contributed by atoms with E-state index in [1.807, 2.05) is 25.6 Å². The van der Waals surface area contributed by atoms with E-state index in [9.17, 15) is 0 Å². The summed E-state index contributed by atoms with van der Waals surface area (Å²) in [7, 11) is 1.93. The molecule has 0 spiro atoms. The molecule has 0 bridgehead atoms. The van der Waals surface area contributed by atoms with Gasteiger partial charge in [-0.2, -0.15) is 5.10 Å². The number of halogens is 1. The maximum Gasteiger partial charge on any atom is 0.183 e. The summed E-state index contributed by atoms with van der Waals surface area (Å²) in [6, 6.07) is 0. The van der Waals surface area contributed by atoms with Gasteiger partial charge in [-0.25, -0.2) is 0 Å². The average molecular weight is 273 g/mol. The highest BCUT2D eigenvalue weighted by atomic mass is 79.9. The van der Waals surface area contributed by atoms with Gasteiger partial charge in [0.25, 0.3) is 0 Å². The molecule has 2 aromatic heterocycles. The minimum absolute atomic E-state index is 0.801. The van der Waals surface area contributed by atoms with Crippen molar-refractivity contribution >= 4 is 27.3 Å². The maximum absolute atomic E-state index is 4.34. The number of nitrogens with zero attached hydrogens (tertiary/aromatic N) is 4. The summed E-state index contributed by atoms with van der Waals surface area (Å²) in [5.41, 5.74) is 3.20. The Kier molecular flexibility index (Phi) is 2.40. The largest absolute Gasteiger partial charge is 0.272 e. The van der Waals surface area contributed by atoms with Crippen molar-refractivity contribution in [3.8, 4) is 10.6 Å².